The summed E-state index contributed by atoms with van der Waals surface area (Å²) in [6.45, 7) is 4.03. The molecule has 0 amide bonds. The van der Waals surface area contributed by atoms with Crippen molar-refractivity contribution >= 4 is 5.69 Å². The van der Waals surface area contributed by atoms with E-state index < -0.39 is 0 Å². The molecular weight excluding hydrogens is 212 g/mol. The fraction of sp³-hybridized carbons (Fsp3) is 0.571. The molecule has 3 heteroatoms. The number of anilines is 1. The predicted octanol–water partition coefficient (Wildman–Crippen LogP) is 2.05. The molecule has 1 rings (SSSR count). The molecule has 0 heterocycles. The summed E-state index contributed by atoms with van der Waals surface area (Å²) in [6.07, 6.45) is 3.11. The SMILES string of the molecule is Cc1cc(N(C)CCCCCO)ccc1CN. The first-order valence-electron chi connectivity index (χ1n) is 6.30. The Kier molecular flexibility index (Phi) is 6.01. The van der Waals surface area contributed by atoms with Gasteiger partial charge in [-0.3, -0.25) is 0 Å². The minimum Gasteiger partial charge on any atom is -0.396 e. The van der Waals surface area contributed by atoms with Gasteiger partial charge < -0.3 is 15.7 Å². The van der Waals surface area contributed by atoms with Crippen LogP contribution in [0.25, 0.3) is 0 Å². The van der Waals surface area contributed by atoms with Crippen LogP contribution in [-0.4, -0.2) is 25.3 Å². The van der Waals surface area contributed by atoms with Gasteiger partial charge in [0.2, 0.25) is 0 Å². The van der Waals surface area contributed by atoms with E-state index in [-0.39, 0.29) is 0 Å². The molecule has 0 aliphatic rings. The number of aliphatic hydroxyl groups is 1. The first kappa shape index (κ1) is 14.0. The third-order valence-corrected chi connectivity index (χ3v) is 3.14. The van der Waals surface area contributed by atoms with Crippen LogP contribution in [0.2, 0.25) is 0 Å². The smallest absolute Gasteiger partial charge is 0.0431 e. The number of benzene rings is 1. The van der Waals surface area contributed by atoms with Gasteiger partial charge in [-0.25, -0.2) is 0 Å². The van der Waals surface area contributed by atoms with Crippen molar-refractivity contribution in [1.29, 1.82) is 0 Å². The van der Waals surface area contributed by atoms with Gasteiger partial charge >= 0.3 is 0 Å². The summed E-state index contributed by atoms with van der Waals surface area (Å²) in [5.41, 5.74) is 9.36. The Morgan fingerprint density at radius 3 is 2.59 bits per heavy atom. The highest BCUT2D eigenvalue weighted by atomic mass is 16.2. The zero-order valence-electron chi connectivity index (χ0n) is 10.9. The van der Waals surface area contributed by atoms with Crippen LogP contribution in [0.1, 0.15) is 30.4 Å². The van der Waals surface area contributed by atoms with Gasteiger partial charge in [-0.15, -0.1) is 0 Å². The minimum absolute atomic E-state index is 0.300. The van der Waals surface area contributed by atoms with Crippen molar-refractivity contribution < 1.29 is 5.11 Å². The molecule has 0 fully saturated rings. The first-order chi connectivity index (χ1) is 8.19. The standard InChI is InChI=1S/C14H24N2O/c1-12-10-14(7-6-13(12)11-15)16(2)8-4-3-5-9-17/h6-7,10,17H,3-5,8-9,11,15H2,1-2H3. The van der Waals surface area contributed by atoms with Crippen LogP contribution in [0, 0.1) is 6.92 Å². The maximum absolute atomic E-state index is 8.72. The van der Waals surface area contributed by atoms with Gasteiger partial charge in [0.25, 0.3) is 0 Å². The summed E-state index contributed by atoms with van der Waals surface area (Å²) in [7, 11) is 2.11. The monoisotopic (exact) mass is 236 g/mol. The summed E-state index contributed by atoms with van der Waals surface area (Å²) in [4.78, 5) is 2.25. The van der Waals surface area contributed by atoms with Gasteiger partial charge in [0.1, 0.15) is 0 Å². The molecule has 3 nitrogen and oxygen atoms in total. The Bertz CT molecular complexity index is 339. The highest BCUT2D eigenvalue weighted by Gasteiger charge is 2.03. The van der Waals surface area contributed by atoms with Gasteiger partial charge in [0.05, 0.1) is 0 Å². The van der Waals surface area contributed by atoms with E-state index in [0.29, 0.717) is 13.2 Å². The van der Waals surface area contributed by atoms with Crippen molar-refractivity contribution in [2.24, 2.45) is 5.73 Å². The third-order valence-electron chi connectivity index (χ3n) is 3.14. The van der Waals surface area contributed by atoms with E-state index in [2.05, 4.69) is 37.1 Å². The maximum Gasteiger partial charge on any atom is 0.0431 e. The Morgan fingerprint density at radius 2 is 2.00 bits per heavy atom. The lowest BCUT2D eigenvalue weighted by Gasteiger charge is -2.20. The van der Waals surface area contributed by atoms with Crippen molar-refractivity contribution in [3.05, 3.63) is 29.3 Å². The van der Waals surface area contributed by atoms with E-state index in [1.807, 2.05) is 0 Å². The maximum atomic E-state index is 8.72. The Labute approximate surface area is 104 Å². The van der Waals surface area contributed by atoms with Crippen LogP contribution < -0.4 is 10.6 Å². The molecule has 1 aromatic rings. The van der Waals surface area contributed by atoms with E-state index in [9.17, 15) is 0 Å². The highest BCUT2D eigenvalue weighted by molar-refractivity contribution is 5.50. The molecular formula is C14H24N2O. The number of rotatable bonds is 7. The lowest BCUT2D eigenvalue weighted by molar-refractivity contribution is 0.283. The van der Waals surface area contributed by atoms with Crippen LogP contribution in [0.3, 0.4) is 0 Å². The molecule has 0 aliphatic heterocycles. The zero-order chi connectivity index (χ0) is 12.7. The Morgan fingerprint density at radius 1 is 1.24 bits per heavy atom. The van der Waals surface area contributed by atoms with Gasteiger partial charge in [0.15, 0.2) is 0 Å². The van der Waals surface area contributed by atoms with E-state index in [4.69, 9.17) is 10.8 Å². The topological polar surface area (TPSA) is 49.5 Å². The van der Waals surface area contributed by atoms with E-state index in [1.54, 1.807) is 0 Å². The molecule has 0 aromatic heterocycles. The summed E-state index contributed by atoms with van der Waals surface area (Å²) in [5.74, 6) is 0. The molecule has 0 unspecified atom stereocenters. The normalized spacial score (nSPS) is 10.6. The van der Waals surface area contributed by atoms with Crippen LogP contribution in [0.4, 0.5) is 5.69 Å². The van der Waals surface area contributed by atoms with E-state index in [0.717, 1.165) is 25.8 Å². The first-order valence-corrected chi connectivity index (χ1v) is 6.30. The second kappa shape index (κ2) is 7.30. The number of nitrogens with zero attached hydrogens (tertiary/aromatic N) is 1. The number of hydrogen-bond donors (Lipinski definition) is 2. The lowest BCUT2D eigenvalue weighted by atomic mass is 10.1. The van der Waals surface area contributed by atoms with Gasteiger partial charge in [-0.1, -0.05) is 6.07 Å². The van der Waals surface area contributed by atoms with Crippen LogP contribution in [0.15, 0.2) is 18.2 Å². The molecule has 17 heavy (non-hydrogen) atoms. The highest BCUT2D eigenvalue weighted by Crippen LogP contribution is 2.18. The predicted molar refractivity (Wildman–Crippen MR) is 73.3 cm³/mol. The molecule has 0 spiro atoms. The molecule has 0 radical (unpaired) electrons. The average molecular weight is 236 g/mol. The van der Waals surface area contributed by atoms with Gasteiger partial charge in [-0.2, -0.15) is 0 Å². The number of aryl methyl sites for hydroxylation is 1. The fourth-order valence-electron chi connectivity index (χ4n) is 1.91. The molecule has 1 aromatic carbocycles. The number of aliphatic hydroxyl groups excluding tert-OH is 1. The van der Waals surface area contributed by atoms with E-state index in [1.165, 1.54) is 16.8 Å². The molecule has 0 saturated carbocycles. The van der Waals surface area contributed by atoms with Crippen LogP contribution in [-0.2, 0) is 6.54 Å². The summed E-state index contributed by atoms with van der Waals surface area (Å²) in [5, 5.41) is 8.72. The number of nitrogens with two attached hydrogens (primary N) is 1. The van der Waals surface area contributed by atoms with Crippen LogP contribution >= 0.6 is 0 Å². The van der Waals surface area contributed by atoms with E-state index >= 15 is 0 Å². The lowest BCUT2D eigenvalue weighted by Crippen LogP contribution is -2.18. The summed E-state index contributed by atoms with van der Waals surface area (Å²) < 4.78 is 0. The molecule has 0 saturated heterocycles. The fourth-order valence-corrected chi connectivity index (χ4v) is 1.91. The molecule has 96 valence electrons. The number of unbranched alkanes of at least 4 members (excludes halogenated alkanes) is 2. The molecule has 0 atom stereocenters. The largest absolute Gasteiger partial charge is 0.396 e. The van der Waals surface area contributed by atoms with Crippen molar-refractivity contribution in [1.82, 2.24) is 0 Å². The zero-order valence-corrected chi connectivity index (χ0v) is 10.9. The second-order valence-electron chi connectivity index (χ2n) is 4.52. The van der Waals surface area contributed by atoms with Crippen molar-refractivity contribution in [2.75, 3.05) is 25.1 Å². The average Bonchev–Trinajstić information content (AvgIpc) is 2.34. The van der Waals surface area contributed by atoms with Crippen molar-refractivity contribution in [2.45, 2.75) is 32.7 Å². The Hall–Kier alpha value is -1.06. The molecule has 0 bridgehead atoms. The van der Waals surface area contributed by atoms with Crippen LogP contribution in [0.5, 0.6) is 0 Å². The number of hydrogen-bond acceptors (Lipinski definition) is 3. The third kappa shape index (κ3) is 4.36. The molecule has 3 N–H and O–H groups in total. The van der Waals surface area contributed by atoms with Crippen molar-refractivity contribution in [3.8, 4) is 0 Å². The van der Waals surface area contributed by atoms with Gasteiger partial charge in [-0.05, 0) is 49.4 Å². The van der Waals surface area contributed by atoms with Crippen molar-refractivity contribution in [3.63, 3.8) is 0 Å². The Balaban J connectivity index is 2.51. The quantitative estimate of drug-likeness (QED) is 0.712. The second-order valence-corrected chi connectivity index (χ2v) is 4.52. The van der Waals surface area contributed by atoms with Gasteiger partial charge in [0, 0.05) is 32.4 Å². The summed E-state index contributed by atoms with van der Waals surface area (Å²) >= 11 is 0. The summed E-state index contributed by atoms with van der Waals surface area (Å²) in [6, 6.07) is 6.42. The minimum atomic E-state index is 0.300. The molecule has 0 aliphatic carbocycles.